The number of nitrogens with zero attached hydrogens (tertiary/aromatic N) is 1. The fraction of sp³-hybridized carbons (Fsp3) is 0.543. The number of rotatable bonds is 8. The molecule has 4 heteroatoms. The van der Waals surface area contributed by atoms with E-state index in [0.29, 0.717) is 6.61 Å². The van der Waals surface area contributed by atoms with Crippen molar-refractivity contribution in [3.63, 3.8) is 0 Å². The molecule has 0 saturated heterocycles. The van der Waals surface area contributed by atoms with Crippen LogP contribution in [0.4, 0.5) is 0 Å². The number of benzene rings is 1. The molecule has 1 aromatic carbocycles. The van der Waals surface area contributed by atoms with Crippen molar-refractivity contribution < 1.29 is 9.53 Å². The molecule has 39 heavy (non-hydrogen) atoms. The standard InChI is InChI=1S/C23H27NO3.C4H10.4C2H6/c1-6-12-24-15-20(18(5)25)22(26)14-21(24)17(4)13-16(3)19-10-8-9-11-23(19)27-7-2;1-4(2)3;4*1-2/h8-11,13-15H,3,6-7,12H2,1-2,4-5H3;4H,1-3H3;4*1-2H3/b17-13+;;;;;. The molecule has 0 aliphatic rings. The van der Waals surface area contributed by atoms with Gasteiger partial charge in [0, 0.05) is 30.1 Å². The van der Waals surface area contributed by atoms with Crippen molar-refractivity contribution >= 4 is 16.9 Å². The predicted molar refractivity (Wildman–Crippen MR) is 177 cm³/mol. The first-order valence-electron chi connectivity index (χ1n) is 15.0. The van der Waals surface area contributed by atoms with E-state index in [9.17, 15) is 9.59 Å². The van der Waals surface area contributed by atoms with Crippen molar-refractivity contribution in [2.24, 2.45) is 5.92 Å². The number of carbonyl (C=O) groups is 1. The van der Waals surface area contributed by atoms with Gasteiger partial charge < -0.3 is 9.30 Å². The third-order valence-corrected chi connectivity index (χ3v) is 4.30. The number of para-hydroxylation sites is 1. The zero-order valence-corrected chi connectivity index (χ0v) is 28.1. The van der Waals surface area contributed by atoms with E-state index in [1.807, 2.05) is 104 Å². The zero-order valence-electron chi connectivity index (χ0n) is 28.1. The van der Waals surface area contributed by atoms with Gasteiger partial charge in [0.1, 0.15) is 5.75 Å². The molecule has 0 fully saturated rings. The van der Waals surface area contributed by atoms with Crippen LogP contribution >= 0.6 is 0 Å². The number of pyridine rings is 1. The van der Waals surface area contributed by atoms with Crippen LogP contribution in [-0.4, -0.2) is 17.0 Å². The second kappa shape index (κ2) is 28.1. The molecule has 0 aliphatic carbocycles. The van der Waals surface area contributed by atoms with Gasteiger partial charge in [0.25, 0.3) is 0 Å². The van der Waals surface area contributed by atoms with Crippen LogP contribution in [0.25, 0.3) is 11.1 Å². The summed E-state index contributed by atoms with van der Waals surface area (Å²) >= 11 is 0. The second-order valence-electron chi connectivity index (χ2n) is 8.20. The maximum absolute atomic E-state index is 12.3. The molecule has 0 unspecified atom stereocenters. The van der Waals surface area contributed by atoms with E-state index >= 15 is 0 Å². The first kappa shape index (κ1) is 43.2. The lowest BCUT2D eigenvalue weighted by molar-refractivity contribution is 0.101. The van der Waals surface area contributed by atoms with Crippen LogP contribution in [0, 0.1) is 5.92 Å². The molecule has 224 valence electrons. The summed E-state index contributed by atoms with van der Waals surface area (Å²) < 4.78 is 7.65. The summed E-state index contributed by atoms with van der Waals surface area (Å²) in [5.41, 5.74) is 3.40. The van der Waals surface area contributed by atoms with Gasteiger partial charge in [0.2, 0.25) is 0 Å². The maximum Gasteiger partial charge on any atom is 0.192 e. The van der Waals surface area contributed by atoms with Gasteiger partial charge in [-0.15, -0.1) is 0 Å². The van der Waals surface area contributed by atoms with E-state index in [0.717, 1.165) is 47.0 Å². The van der Waals surface area contributed by atoms with Crippen molar-refractivity contribution in [2.45, 2.75) is 117 Å². The van der Waals surface area contributed by atoms with E-state index in [1.54, 1.807) is 12.3 Å². The van der Waals surface area contributed by atoms with Crippen LogP contribution in [0.1, 0.15) is 132 Å². The summed E-state index contributed by atoms with van der Waals surface area (Å²) in [7, 11) is 0. The minimum atomic E-state index is -0.252. The van der Waals surface area contributed by atoms with E-state index in [1.165, 1.54) is 6.92 Å². The Bertz CT molecular complexity index is 979. The highest BCUT2D eigenvalue weighted by Gasteiger charge is 2.12. The number of carbonyl (C=O) groups excluding carboxylic acids is 1. The predicted octanol–water partition coefficient (Wildman–Crippen LogP) is 10.7. The molecular weight excluding hydrogens is 482 g/mol. The average Bonchev–Trinajstić information content (AvgIpc) is 2.94. The number of hydrogen-bond acceptors (Lipinski definition) is 3. The Morgan fingerprint density at radius 3 is 1.85 bits per heavy atom. The minimum absolute atomic E-state index is 0.215. The highest BCUT2D eigenvalue weighted by molar-refractivity contribution is 5.94. The molecule has 2 rings (SSSR count). The molecule has 0 radical (unpaired) electrons. The minimum Gasteiger partial charge on any atom is -0.493 e. The lowest BCUT2D eigenvalue weighted by atomic mass is 10.0. The molecule has 0 amide bonds. The second-order valence-corrected chi connectivity index (χ2v) is 8.20. The number of ether oxygens (including phenoxy) is 1. The summed E-state index contributed by atoms with van der Waals surface area (Å²) in [6, 6.07) is 9.30. The monoisotopic (exact) mass is 543 g/mol. The Labute approximate surface area is 242 Å². The lowest BCUT2D eigenvalue weighted by Gasteiger charge is -2.15. The maximum atomic E-state index is 12.3. The number of aromatic nitrogens is 1. The van der Waals surface area contributed by atoms with Gasteiger partial charge in [0.15, 0.2) is 11.2 Å². The fourth-order valence-electron chi connectivity index (χ4n) is 3.03. The fourth-order valence-corrected chi connectivity index (χ4v) is 3.03. The topological polar surface area (TPSA) is 48.3 Å². The largest absolute Gasteiger partial charge is 0.493 e. The molecule has 1 heterocycles. The number of ketones is 1. The highest BCUT2D eigenvalue weighted by Crippen LogP contribution is 2.28. The molecule has 0 N–H and O–H groups in total. The normalized spacial score (nSPS) is 9.38. The molecule has 4 nitrogen and oxygen atoms in total. The number of allylic oxidation sites excluding steroid dienone is 3. The van der Waals surface area contributed by atoms with Gasteiger partial charge in [-0.1, -0.05) is 108 Å². The molecular formula is C35H61NO3. The van der Waals surface area contributed by atoms with Crippen LogP contribution in [0.5, 0.6) is 5.75 Å². The van der Waals surface area contributed by atoms with E-state index in [2.05, 4.69) is 34.3 Å². The summed E-state index contributed by atoms with van der Waals surface area (Å²) in [5, 5.41) is 0. The number of hydrogen-bond donors (Lipinski definition) is 0. The van der Waals surface area contributed by atoms with Crippen molar-refractivity contribution in [3.05, 3.63) is 76.2 Å². The van der Waals surface area contributed by atoms with Gasteiger partial charge >= 0.3 is 0 Å². The molecule has 1 aromatic heterocycles. The Balaban J connectivity index is -0.000000442. The third kappa shape index (κ3) is 18.1. The van der Waals surface area contributed by atoms with E-state index in [-0.39, 0.29) is 16.8 Å². The van der Waals surface area contributed by atoms with Crippen molar-refractivity contribution in [1.82, 2.24) is 4.57 Å². The highest BCUT2D eigenvalue weighted by atomic mass is 16.5. The van der Waals surface area contributed by atoms with Gasteiger partial charge in [-0.05, 0) is 56.4 Å². The summed E-state index contributed by atoms with van der Waals surface area (Å²) in [4.78, 5) is 24.0. The summed E-state index contributed by atoms with van der Waals surface area (Å²) in [6.07, 6.45) is 4.51. The van der Waals surface area contributed by atoms with Crippen LogP contribution < -0.4 is 10.2 Å². The molecule has 0 bridgehead atoms. The smallest absolute Gasteiger partial charge is 0.192 e. The Morgan fingerprint density at radius 2 is 1.41 bits per heavy atom. The first-order valence-corrected chi connectivity index (χ1v) is 15.0. The van der Waals surface area contributed by atoms with Crippen molar-refractivity contribution in [3.8, 4) is 5.75 Å². The van der Waals surface area contributed by atoms with Crippen LogP contribution in [-0.2, 0) is 6.54 Å². The molecule has 0 aliphatic heterocycles. The molecule has 0 atom stereocenters. The van der Waals surface area contributed by atoms with E-state index < -0.39 is 0 Å². The van der Waals surface area contributed by atoms with Crippen LogP contribution in [0.15, 0.2) is 54.0 Å². The Kier molecular flexibility index (Phi) is 31.2. The zero-order chi connectivity index (χ0) is 31.6. The van der Waals surface area contributed by atoms with Crippen LogP contribution in [0.2, 0.25) is 0 Å². The first-order chi connectivity index (χ1) is 18.6. The van der Waals surface area contributed by atoms with Crippen molar-refractivity contribution in [1.29, 1.82) is 0 Å². The van der Waals surface area contributed by atoms with E-state index in [4.69, 9.17) is 4.74 Å². The van der Waals surface area contributed by atoms with Gasteiger partial charge in [0.05, 0.1) is 12.2 Å². The molecule has 0 spiro atoms. The quantitative estimate of drug-likeness (QED) is 0.246. The van der Waals surface area contributed by atoms with Crippen LogP contribution in [0.3, 0.4) is 0 Å². The van der Waals surface area contributed by atoms with Gasteiger partial charge in [-0.3, -0.25) is 9.59 Å². The van der Waals surface area contributed by atoms with Gasteiger partial charge in [-0.2, -0.15) is 0 Å². The summed E-state index contributed by atoms with van der Waals surface area (Å²) in [5.74, 6) is 1.40. The molecule has 2 aromatic rings. The van der Waals surface area contributed by atoms with Crippen molar-refractivity contribution in [2.75, 3.05) is 6.61 Å². The summed E-state index contributed by atoms with van der Waals surface area (Å²) in [6.45, 7) is 35.4. The third-order valence-electron chi connectivity index (χ3n) is 4.30. The lowest BCUT2D eigenvalue weighted by Crippen LogP contribution is -2.18. The Morgan fingerprint density at radius 1 is 0.923 bits per heavy atom. The average molecular weight is 544 g/mol. The number of Topliss-reactive ketones (excluding diaryl/α,β-unsaturated/α-hetero) is 1. The molecule has 0 saturated carbocycles. The van der Waals surface area contributed by atoms with Gasteiger partial charge in [-0.25, -0.2) is 0 Å². The number of aryl methyl sites for hydroxylation is 1. The SMILES string of the molecule is C=C(/C=C(\C)c1cc(=O)c(C(C)=O)cn1CCC)c1ccccc1OCC.CC.CC.CC.CC.CC(C)C. The Hall–Kier alpha value is -2.88.